The van der Waals surface area contributed by atoms with E-state index in [9.17, 15) is 9.59 Å². The molecule has 136 valence electrons. The lowest BCUT2D eigenvalue weighted by Crippen LogP contribution is -2.37. The van der Waals surface area contributed by atoms with Crippen LogP contribution in [-0.2, 0) is 11.3 Å². The van der Waals surface area contributed by atoms with Crippen LogP contribution in [0.5, 0.6) is 0 Å². The summed E-state index contributed by atoms with van der Waals surface area (Å²) in [5.41, 5.74) is 3.72. The number of nitrogens with one attached hydrogen (secondary N) is 3. The minimum atomic E-state index is -0.369. The molecule has 2 amide bonds. The number of hydrogen-bond donors (Lipinski definition) is 3. The van der Waals surface area contributed by atoms with Gasteiger partial charge < -0.3 is 16.0 Å². The van der Waals surface area contributed by atoms with Gasteiger partial charge in [0.1, 0.15) is 6.04 Å². The second-order valence-corrected chi connectivity index (χ2v) is 6.89. The molecule has 3 rings (SSSR count). The third-order valence-electron chi connectivity index (χ3n) is 4.42. The highest BCUT2D eigenvalue weighted by molar-refractivity contribution is 5.95. The zero-order valence-electron chi connectivity index (χ0n) is 15.2. The van der Waals surface area contributed by atoms with E-state index in [0.29, 0.717) is 18.2 Å². The highest BCUT2D eigenvalue weighted by Crippen LogP contribution is 2.19. The largest absolute Gasteiger partial charge is 0.374 e. The van der Waals surface area contributed by atoms with Gasteiger partial charge in [0.25, 0.3) is 5.91 Å². The van der Waals surface area contributed by atoms with E-state index in [-0.39, 0.29) is 17.9 Å². The van der Waals surface area contributed by atoms with Gasteiger partial charge in [-0.25, -0.2) is 0 Å². The highest BCUT2D eigenvalue weighted by Gasteiger charge is 2.23. The van der Waals surface area contributed by atoms with E-state index in [0.717, 1.165) is 24.1 Å². The number of carbonyl (C=O) groups excluding carboxylic acids is 2. The molecule has 1 unspecified atom stereocenters. The van der Waals surface area contributed by atoms with E-state index in [2.05, 4.69) is 16.0 Å². The first-order chi connectivity index (χ1) is 12.5. The molecule has 2 aromatic rings. The van der Waals surface area contributed by atoms with Crippen LogP contribution in [0.4, 0.5) is 5.69 Å². The highest BCUT2D eigenvalue weighted by atomic mass is 16.2. The van der Waals surface area contributed by atoms with Crippen molar-refractivity contribution >= 4 is 17.5 Å². The van der Waals surface area contributed by atoms with Gasteiger partial charge in [-0.2, -0.15) is 0 Å². The van der Waals surface area contributed by atoms with Crippen LogP contribution in [0.1, 0.15) is 41.3 Å². The molecule has 0 spiro atoms. The maximum absolute atomic E-state index is 12.3. The van der Waals surface area contributed by atoms with Crippen molar-refractivity contribution in [1.29, 1.82) is 0 Å². The first kappa shape index (κ1) is 18.0. The van der Waals surface area contributed by atoms with Crippen LogP contribution in [0.15, 0.2) is 48.5 Å². The standard InChI is InChI=1S/C21H25N3O2/c1-14-3-5-16(6-4-14)13-22-20(25)15(2)23-18-9-7-17(8-10-18)21(26)24-19-11-12-19/h3-10,15,19,23H,11-13H2,1-2H3,(H,22,25)(H,24,26). The summed E-state index contributed by atoms with van der Waals surface area (Å²) in [7, 11) is 0. The van der Waals surface area contributed by atoms with Crippen LogP contribution < -0.4 is 16.0 Å². The fourth-order valence-corrected chi connectivity index (χ4v) is 2.58. The molecule has 5 nitrogen and oxygen atoms in total. The molecular weight excluding hydrogens is 326 g/mol. The first-order valence-electron chi connectivity index (χ1n) is 9.02. The van der Waals surface area contributed by atoms with Gasteiger partial charge in [0, 0.05) is 23.8 Å². The number of rotatable bonds is 7. The molecule has 3 N–H and O–H groups in total. The van der Waals surface area contributed by atoms with Crippen molar-refractivity contribution in [2.24, 2.45) is 0 Å². The second kappa shape index (κ2) is 8.04. The summed E-state index contributed by atoms with van der Waals surface area (Å²) < 4.78 is 0. The SMILES string of the molecule is Cc1ccc(CNC(=O)C(C)Nc2ccc(C(=O)NC3CC3)cc2)cc1. The van der Waals surface area contributed by atoms with Crippen LogP contribution in [0.3, 0.4) is 0 Å². The molecule has 0 aromatic heterocycles. The van der Waals surface area contributed by atoms with Crippen LogP contribution in [0.25, 0.3) is 0 Å². The Balaban J connectivity index is 1.48. The minimum absolute atomic E-state index is 0.0389. The molecular formula is C21H25N3O2. The van der Waals surface area contributed by atoms with Crippen molar-refractivity contribution in [2.45, 2.75) is 45.3 Å². The van der Waals surface area contributed by atoms with Crippen molar-refractivity contribution in [1.82, 2.24) is 10.6 Å². The molecule has 1 saturated carbocycles. The van der Waals surface area contributed by atoms with Gasteiger partial charge in [0.2, 0.25) is 5.91 Å². The number of aryl methyl sites for hydroxylation is 1. The van der Waals surface area contributed by atoms with Crippen molar-refractivity contribution < 1.29 is 9.59 Å². The lowest BCUT2D eigenvalue weighted by molar-refractivity contribution is -0.121. The van der Waals surface area contributed by atoms with E-state index in [1.54, 1.807) is 12.1 Å². The molecule has 1 aliphatic rings. The van der Waals surface area contributed by atoms with Crippen LogP contribution in [0.2, 0.25) is 0 Å². The predicted octanol–water partition coefficient (Wildman–Crippen LogP) is 3.00. The Morgan fingerprint density at radius 2 is 1.69 bits per heavy atom. The average molecular weight is 351 g/mol. The zero-order chi connectivity index (χ0) is 18.5. The van der Waals surface area contributed by atoms with E-state index in [1.165, 1.54) is 5.56 Å². The zero-order valence-corrected chi connectivity index (χ0v) is 15.2. The Kier molecular flexibility index (Phi) is 5.56. The van der Waals surface area contributed by atoms with Crippen molar-refractivity contribution in [3.05, 3.63) is 65.2 Å². The summed E-state index contributed by atoms with van der Waals surface area (Å²) >= 11 is 0. The molecule has 0 aliphatic heterocycles. The monoisotopic (exact) mass is 351 g/mol. The van der Waals surface area contributed by atoms with Gasteiger partial charge in [-0.3, -0.25) is 9.59 Å². The lowest BCUT2D eigenvalue weighted by atomic mass is 10.1. The molecule has 1 aliphatic carbocycles. The second-order valence-electron chi connectivity index (χ2n) is 6.89. The van der Waals surface area contributed by atoms with Gasteiger partial charge in [-0.15, -0.1) is 0 Å². The fourth-order valence-electron chi connectivity index (χ4n) is 2.58. The quantitative estimate of drug-likeness (QED) is 0.718. The van der Waals surface area contributed by atoms with Crippen molar-refractivity contribution in [2.75, 3.05) is 5.32 Å². The lowest BCUT2D eigenvalue weighted by Gasteiger charge is -2.16. The van der Waals surface area contributed by atoms with Gasteiger partial charge in [0.05, 0.1) is 0 Å². The van der Waals surface area contributed by atoms with Crippen LogP contribution in [-0.4, -0.2) is 23.9 Å². The van der Waals surface area contributed by atoms with Crippen LogP contribution in [0, 0.1) is 6.92 Å². The van der Waals surface area contributed by atoms with Gasteiger partial charge in [-0.05, 0) is 56.5 Å². The van der Waals surface area contributed by atoms with E-state index in [1.807, 2.05) is 50.2 Å². The maximum Gasteiger partial charge on any atom is 0.251 e. The number of anilines is 1. The first-order valence-corrected chi connectivity index (χ1v) is 9.02. The Morgan fingerprint density at radius 3 is 2.31 bits per heavy atom. The summed E-state index contributed by atoms with van der Waals surface area (Å²) in [6.45, 7) is 4.36. The summed E-state index contributed by atoms with van der Waals surface area (Å²) in [5.74, 6) is -0.107. The Morgan fingerprint density at radius 1 is 1.04 bits per heavy atom. The Labute approximate surface area is 154 Å². The topological polar surface area (TPSA) is 70.2 Å². The molecule has 1 atom stereocenters. The van der Waals surface area contributed by atoms with E-state index >= 15 is 0 Å². The number of amides is 2. The molecule has 0 saturated heterocycles. The van der Waals surface area contributed by atoms with Gasteiger partial charge in [0.15, 0.2) is 0 Å². The average Bonchev–Trinajstić information content (AvgIpc) is 3.45. The minimum Gasteiger partial charge on any atom is -0.374 e. The third-order valence-corrected chi connectivity index (χ3v) is 4.42. The molecule has 0 heterocycles. The smallest absolute Gasteiger partial charge is 0.251 e. The normalized spacial score (nSPS) is 14.4. The summed E-state index contributed by atoms with van der Waals surface area (Å²) in [4.78, 5) is 24.2. The third kappa shape index (κ3) is 5.09. The van der Waals surface area contributed by atoms with Crippen LogP contribution >= 0.6 is 0 Å². The Hall–Kier alpha value is -2.82. The Bertz CT molecular complexity index is 765. The summed E-state index contributed by atoms with van der Waals surface area (Å²) in [5, 5.41) is 9.05. The molecule has 26 heavy (non-hydrogen) atoms. The summed E-state index contributed by atoms with van der Waals surface area (Å²) in [6, 6.07) is 15.3. The molecule has 0 radical (unpaired) electrons. The molecule has 2 aromatic carbocycles. The van der Waals surface area contributed by atoms with Gasteiger partial charge in [-0.1, -0.05) is 29.8 Å². The number of hydrogen-bond acceptors (Lipinski definition) is 3. The van der Waals surface area contributed by atoms with E-state index < -0.39 is 0 Å². The van der Waals surface area contributed by atoms with Crippen molar-refractivity contribution in [3.8, 4) is 0 Å². The van der Waals surface area contributed by atoms with E-state index in [4.69, 9.17) is 0 Å². The number of benzene rings is 2. The van der Waals surface area contributed by atoms with Gasteiger partial charge >= 0.3 is 0 Å². The fraction of sp³-hybridized carbons (Fsp3) is 0.333. The summed E-state index contributed by atoms with van der Waals surface area (Å²) in [6.07, 6.45) is 2.14. The maximum atomic E-state index is 12.3. The number of carbonyl (C=O) groups is 2. The molecule has 1 fully saturated rings. The molecule has 0 bridgehead atoms. The molecule has 5 heteroatoms. The predicted molar refractivity (Wildman–Crippen MR) is 103 cm³/mol. The van der Waals surface area contributed by atoms with Crippen molar-refractivity contribution in [3.63, 3.8) is 0 Å².